The number of hydrogen-bond donors (Lipinski definition) is 1. The maximum absolute atomic E-state index is 10.7. The predicted octanol–water partition coefficient (Wildman–Crippen LogP) is 4.04. The highest BCUT2D eigenvalue weighted by Crippen LogP contribution is 2.27. The summed E-state index contributed by atoms with van der Waals surface area (Å²) in [7, 11) is 3.98. The third-order valence-electron chi connectivity index (χ3n) is 3.10. The number of rotatable bonds is 5. The summed E-state index contributed by atoms with van der Waals surface area (Å²) in [5, 5.41) is 14.1. The topological polar surface area (TPSA) is 58.4 Å². The number of hydrogen-bond acceptors (Lipinski definition) is 4. The second-order valence-electron chi connectivity index (χ2n) is 4.80. The van der Waals surface area contributed by atoms with E-state index in [0.717, 1.165) is 21.4 Å². The van der Waals surface area contributed by atoms with Crippen LogP contribution in [-0.4, -0.2) is 19.0 Å². The molecule has 110 valence electrons. The van der Waals surface area contributed by atoms with Gasteiger partial charge in [0.1, 0.15) is 0 Å². The minimum atomic E-state index is -0.399. The molecule has 2 rings (SSSR count). The van der Waals surface area contributed by atoms with E-state index in [1.54, 1.807) is 6.07 Å². The second kappa shape index (κ2) is 6.58. The van der Waals surface area contributed by atoms with Crippen molar-refractivity contribution in [2.75, 3.05) is 24.3 Å². The van der Waals surface area contributed by atoms with Crippen LogP contribution in [0.2, 0.25) is 0 Å². The molecule has 0 unspecified atom stereocenters. The van der Waals surface area contributed by atoms with E-state index in [0.29, 0.717) is 6.54 Å². The highest BCUT2D eigenvalue weighted by atomic mass is 79.9. The van der Waals surface area contributed by atoms with Crippen molar-refractivity contribution < 1.29 is 4.92 Å². The molecule has 6 heteroatoms. The number of nitrogens with zero attached hydrogens (tertiary/aromatic N) is 2. The average Bonchev–Trinajstić information content (AvgIpc) is 2.46. The lowest BCUT2D eigenvalue weighted by atomic mass is 10.2. The molecule has 0 atom stereocenters. The Labute approximate surface area is 131 Å². The molecule has 5 nitrogen and oxygen atoms in total. The molecule has 21 heavy (non-hydrogen) atoms. The first kappa shape index (κ1) is 15.3. The molecule has 0 radical (unpaired) electrons. The molecule has 0 bridgehead atoms. The maximum Gasteiger partial charge on any atom is 0.270 e. The van der Waals surface area contributed by atoms with Crippen LogP contribution in [0, 0.1) is 10.1 Å². The highest BCUT2D eigenvalue weighted by molar-refractivity contribution is 9.10. The molecule has 0 aliphatic rings. The van der Waals surface area contributed by atoms with Gasteiger partial charge in [-0.05, 0) is 23.8 Å². The Morgan fingerprint density at radius 3 is 2.57 bits per heavy atom. The van der Waals surface area contributed by atoms with Crippen molar-refractivity contribution in [2.45, 2.75) is 6.54 Å². The Bertz CT molecular complexity index is 659. The number of nitro groups is 1. The van der Waals surface area contributed by atoms with Crippen LogP contribution < -0.4 is 10.2 Å². The summed E-state index contributed by atoms with van der Waals surface area (Å²) in [4.78, 5) is 12.4. The zero-order valence-electron chi connectivity index (χ0n) is 11.8. The SMILES string of the molecule is CN(C)c1ccccc1NCc1ccc([N+](=O)[O-])cc1Br. The summed E-state index contributed by atoms with van der Waals surface area (Å²) in [6.07, 6.45) is 0. The second-order valence-corrected chi connectivity index (χ2v) is 5.65. The quantitative estimate of drug-likeness (QED) is 0.653. The molecule has 0 amide bonds. The summed E-state index contributed by atoms with van der Waals surface area (Å²) >= 11 is 3.38. The lowest BCUT2D eigenvalue weighted by Gasteiger charge is -2.18. The van der Waals surface area contributed by atoms with E-state index in [4.69, 9.17) is 0 Å². The van der Waals surface area contributed by atoms with Gasteiger partial charge in [0, 0.05) is 37.2 Å². The Balaban J connectivity index is 2.15. The van der Waals surface area contributed by atoms with Gasteiger partial charge in [0.25, 0.3) is 5.69 Å². The molecular weight excluding hydrogens is 334 g/mol. The Hall–Kier alpha value is -2.08. The first-order valence-electron chi connectivity index (χ1n) is 6.42. The fraction of sp³-hybridized carbons (Fsp3) is 0.200. The smallest absolute Gasteiger partial charge is 0.270 e. The van der Waals surface area contributed by atoms with E-state index in [-0.39, 0.29) is 5.69 Å². The summed E-state index contributed by atoms with van der Waals surface area (Å²) in [6.45, 7) is 0.587. The van der Waals surface area contributed by atoms with Crippen molar-refractivity contribution in [2.24, 2.45) is 0 Å². The van der Waals surface area contributed by atoms with Gasteiger partial charge in [-0.2, -0.15) is 0 Å². The summed E-state index contributed by atoms with van der Waals surface area (Å²) in [5.41, 5.74) is 3.16. The van der Waals surface area contributed by atoms with E-state index >= 15 is 0 Å². The van der Waals surface area contributed by atoms with Crippen molar-refractivity contribution in [3.8, 4) is 0 Å². The van der Waals surface area contributed by atoms with Crippen molar-refractivity contribution >= 4 is 33.0 Å². The largest absolute Gasteiger partial charge is 0.379 e. The fourth-order valence-electron chi connectivity index (χ4n) is 2.00. The zero-order valence-corrected chi connectivity index (χ0v) is 13.4. The molecular formula is C15H16BrN3O2. The molecule has 0 aliphatic carbocycles. The molecule has 2 aromatic carbocycles. The van der Waals surface area contributed by atoms with Crippen LogP contribution >= 0.6 is 15.9 Å². The van der Waals surface area contributed by atoms with Crippen LogP contribution in [0.15, 0.2) is 46.9 Å². The van der Waals surface area contributed by atoms with Crippen molar-refractivity contribution in [1.82, 2.24) is 0 Å². The predicted molar refractivity (Wildman–Crippen MR) is 88.9 cm³/mol. The Kier molecular flexibility index (Phi) is 4.80. The number of nitro benzene ring substituents is 1. The van der Waals surface area contributed by atoms with E-state index in [1.165, 1.54) is 12.1 Å². The summed E-state index contributed by atoms with van der Waals surface area (Å²) in [6, 6.07) is 12.8. The average molecular weight is 350 g/mol. The van der Waals surface area contributed by atoms with E-state index < -0.39 is 4.92 Å². The van der Waals surface area contributed by atoms with Gasteiger partial charge in [-0.25, -0.2) is 0 Å². The fourth-order valence-corrected chi connectivity index (χ4v) is 2.50. The zero-order chi connectivity index (χ0) is 15.4. The number of non-ortho nitro benzene ring substituents is 1. The van der Waals surface area contributed by atoms with E-state index in [1.807, 2.05) is 43.3 Å². The van der Waals surface area contributed by atoms with Gasteiger partial charge in [-0.1, -0.05) is 28.1 Å². The first-order chi connectivity index (χ1) is 9.99. The van der Waals surface area contributed by atoms with Crippen LogP contribution in [0.1, 0.15) is 5.56 Å². The van der Waals surface area contributed by atoms with Gasteiger partial charge in [0.05, 0.1) is 16.3 Å². The standard InChI is InChI=1S/C15H16BrN3O2/c1-18(2)15-6-4-3-5-14(15)17-10-11-7-8-12(19(20)21)9-13(11)16/h3-9,17H,10H2,1-2H3. The lowest BCUT2D eigenvalue weighted by molar-refractivity contribution is -0.384. The van der Waals surface area contributed by atoms with E-state index in [2.05, 4.69) is 21.2 Å². The van der Waals surface area contributed by atoms with Gasteiger partial charge in [-0.15, -0.1) is 0 Å². The molecule has 0 saturated heterocycles. The number of para-hydroxylation sites is 2. The number of anilines is 2. The molecule has 0 fully saturated rings. The summed E-state index contributed by atoms with van der Waals surface area (Å²) < 4.78 is 0.728. The van der Waals surface area contributed by atoms with E-state index in [9.17, 15) is 10.1 Å². The monoisotopic (exact) mass is 349 g/mol. The molecule has 0 aromatic heterocycles. The van der Waals surface area contributed by atoms with Gasteiger partial charge in [-0.3, -0.25) is 10.1 Å². The Morgan fingerprint density at radius 1 is 1.24 bits per heavy atom. The van der Waals surface area contributed by atoms with Crippen molar-refractivity contribution in [3.05, 3.63) is 62.6 Å². The number of nitrogens with one attached hydrogen (secondary N) is 1. The third-order valence-corrected chi connectivity index (χ3v) is 3.84. The van der Waals surface area contributed by atoms with Crippen LogP contribution in [0.3, 0.4) is 0 Å². The maximum atomic E-state index is 10.7. The van der Waals surface area contributed by atoms with Gasteiger partial charge >= 0.3 is 0 Å². The minimum absolute atomic E-state index is 0.0827. The van der Waals surface area contributed by atoms with Crippen molar-refractivity contribution in [3.63, 3.8) is 0 Å². The first-order valence-corrected chi connectivity index (χ1v) is 7.21. The summed E-state index contributed by atoms with van der Waals surface area (Å²) in [5.74, 6) is 0. The highest BCUT2D eigenvalue weighted by Gasteiger charge is 2.09. The molecule has 0 saturated carbocycles. The van der Waals surface area contributed by atoms with Crippen LogP contribution in [-0.2, 0) is 6.54 Å². The van der Waals surface area contributed by atoms with Crippen LogP contribution in [0.4, 0.5) is 17.1 Å². The molecule has 2 aromatic rings. The molecule has 1 N–H and O–H groups in total. The number of halogens is 1. The third kappa shape index (κ3) is 3.72. The molecule has 0 spiro atoms. The van der Waals surface area contributed by atoms with Gasteiger partial charge < -0.3 is 10.2 Å². The van der Waals surface area contributed by atoms with Crippen molar-refractivity contribution in [1.29, 1.82) is 0 Å². The van der Waals surface area contributed by atoms with Gasteiger partial charge in [0.15, 0.2) is 0 Å². The minimum Gasteiger partial charge on any atom is -0.379 e. The van der Waals surface area contributed by atoms with Crippen LogP contribution in [0.25, 0.3) is 0 Å². The molecule has 0 heterocycles. The lowest BCUT2D eigenvalue weighted by Crippen LogP contribution is -2.12. The Morgan fingerprint density at radius 2 is 1.95 bits per heavy atom. The normalized spacial score (nSPS) is 10.2. The van der Waals surface area contributed by atoms with Gasteiger partial charge in [0.2, 0.25) is 0 Å². The van der Waals surface area contributed by atoms with Crippen LogP contribution in [0.5, 0.6) is 0 Å². The molecule has 0 aliphatic heterocycles. The number of benzene rings is 2.